The molecule has 11 heteroatoms. The molecular formula is C45H53ClN2O8. The molecule has 0 saturated carbocycles. The number of nitrogens with one attached hydrogen (secondary N) is 1. The maximum Gasteiger partial charge on any atom is 0.338 e. The molecule has 56 heavy (non-hydrogen) atoms. The van der Waals surface area contributed by atoms with E-state index >= 15 is 0 Å². The second kappa shape index (κ2) is 22.4. The number of esters is 3. The molecule has 1 N–H and O–H groups in total. The van der Waals surface area contributed by atoms with Crippen molar-refractivity contribution in [3.8, 4) is 5.75 Å². The van der Waals surface area contributed by atoms with Crippen molar-refractivity contribution in [1.82, 2.24) is 10.2 Å². The van der Waals surface area contributed by atoms with E-state index in [-0.39, 0.29) is 35.1 Å². The first kappa shape index (κ1) is 43.5. The minimum atomic E-state index is -1.49. The van der Waals surface area contributed by atoms with Gasteiger partial charge in [0.1, 0.15) is 12.3 Å². The number of carbonyl (C=O) groups excluding carboxylic acids is 5. The second-order valence-electron chi connectivity index (χ2n) is 13.9. The van der Waals surface area contributed by atoms with Crippen LogP contribution in [-0.2, 0) is 23.9 Å². The van der Waals surface area contributed by atoms with Gasteiger partial charge in [-0.15, -0.1) is 0 Å². The van der Waals surface area contributed by atoms with Gasteiger partial charge >= 0.3 is 17.9 Å². The van der Waals surface area contributed by atoms with Gasteiger partial charge in [0.15, 0.2) is 12.1 Å². The van der Waals surface area contributed by atoms with E-state index < -0.39 is 48.4 Å². The number of unbranched alkanes of at least 4 members (excludes halogenated alkanes) is 7. The lowest BCUT2D eigenvalue weighted by atomic mass is 9.97. The van der Waals surface area contributed by atoms with E-state index in [9.17, 15) is 24.0 Å². The van der Waals surface area contributed by atoms with Crippen molar-refractivity contribution in [2.45, 2.75) is 97.6 Å². The molecule has 4 aromatic carbocycles. The monoisotopic (exact) mass is 784 g/mol. The summed E-state index contributed by atoms with van der Waals surface area (Å²) in [4.78, 5) is 70.0. The average Bonchev–Trinajstić information content (AvgIpc) is 3.18. The van der Waals surface area contributed by atoms with Gasteiger partial charge < -0.3 is 24.4 Å². The van der Waals surface area contributed by atoms with Crippen molar-refractivity contribution in [2.24, 2.45) is 0 Å². The molecule has 0 saturated heterocycles. The molecule has 0 bridgehead atoms. The van der Waals surface area contributed by atoms with Crippen LogP contribution < -0.4 is 10.1 Å². The topological polar surface area (TPSA) is 128 Å². The summed E-state index contributed by atoms with van der Waals surface area (Å²) >= 11 is 6.27. The quantitative estimate of drug-likeness (QED) is 0.0503. The van der Waals surface area contributed by atoms with Crippen molar-refractivity contribution in [1.29, 1.82) is 0 Å². The molecule has 2 amide bonds. The standard InChI is InChI=1S/C45H53ClN2O8/c1-5-7-9-11-15-27-54-40(50)30-47-43(51)41(48(26-14-10-8-6-2)44(52)38-25-24-37(46)29-39(38)55-32(4)49)42(34-20-18-31(3)19-21-34)56-45(53)36-23-22-33-16-12-13-17-35(33)28-36/h12-13,16-25,28-29,41-42H,5-11,14-15,26-27,30H2,1-4H3,(H,47,51). The molecule has 0 radical (unpaired) electrons. The van der Waals surface area contributed by atoms with Crippen LogP contribution in [0.25, 0.3) is 10.8 Å². The first-order valence-corrected chi connectivity index (χ1v) is 19.9. The molecule has 0 aliphatic heterocycles. The molecule has 0 aliphatic rings. The summed E-state index contributed by atoms with van der Waals surface area (Å²) in [6.45, 7) is 7.10. The fourth-order valence-electron chi connectivity index (χ4n) is 6.36. The zero-order chi connectivity index (χ0) is 40.5. The van der Waals surface area contributed by atoms with E-state index in [0.717, 1.165) is 61.3 Å². The Morgan fingerprint density at radius 3 is 2.14 bits per heavy atom. The highest BCUT2D eigenvalue weighted by atomic mass is 35.5. The first-order chi connectivity index (χ1) is 27.0. The third-order valence-electron chi connectivity index (χ3n) is 9.38. The molecule has 0 aromatic heterocycles. The molecule has 2 unspecified atom stereocenters. The van der Waals surface area contributed by atoms with Crippen LogP contribution in [0.4, 0.5) is 0 Å². The Balaban J connectivity index is 1.79. The van der Waals surface area contributed by atoms with Gasteiger partial charge in [-0.1, -0.05) is 131 Å². The van der Waals surface area contributed by atoms with Crippen LogP contribution in [0.3, 0.4) is 0 Å². The van der Waals surface area contributed by atoms with Gasteiger partial charge in [0.2, 0.25) is 5.91 Å². The Bertz CT molecular complexity index is 1950. The SMILES string of the molecule is CCCCCCCOC(=O)CNC(=O)C(C(OC(=O)c1ccc2ccccc2c1)c1ccc(C)cc1)N(CCCCCC)C(=O)c1ccc(Cl)cc1OC(C)=O. The largest absolute Gasteiger partial charge is 0.464 e. The number of rotatable bonds is 21. The average molecular weight is 785 g/mol. The molecule has 0 spiro atoms. The van der Waals surface area contributed by atoms with Crippen molar-refractivity contribution < 1.29 is 38.2 Å². The Morgan fingerprint density at radius 2 is 1.45 bits per heavy atom. The van der Waals surface area contributed by atoms with Crippen molar-refractivity contribution in [3.63, 3.8) is 0 Å². The van der Waals surface area contributed by atoms with Crippen LogP contribution in [-0.4, -0.2) is 60.4 Å². The number of aryl methyl sites for hydroxylation is 1. The summed E-state index contributed by atoms with van der Waals surface area (Å²) in [6, 6.07) is 22.7. The number of amides is 2. The summed E-state index contributed by atoms with van der Waals surface area (Å²) in [5, 5.41) is 4.66. The Morgan fingerprint density at radius 1 is 0.768 bits per heavy atom. The van der Waals surface area contributed by atoms with Gasteiger partial charge in [-0.05, 0) is 60.4 Å². The zero-order valence-corrected chi connectivity index (χ0v) is 33.6. The number of hydrogen-bond donors (Lipinski definition) is 1. The fraction of sp³-hybridized carbons (Fsp3) is 0.400. The lowest BCUT2D eigenvalue weighted by Gasteiger charge is -2.36. The van der Waals surface area contributed by atoms with Gasteiger partial charge in [-0.3, -0.25) is 19.2 Å². The molecule has 0 heterocycles. The molecule has 10 nitrogen and oxygen atoms in total. The lowest BCUT2D eigenvalue weighted by molar-refractivity contribution is -0.145. The van der Waals surface area contributed by atoms with Gasteiger partial charge in [0, 0.05) is 24.6 Å². The van der Waals surface area contributed by atoms with Crippen molar-refractivity contribution in [2.75, 3.05) is 19.7 Å². The van der Waals surface area contributed by atoms with Crippen molar-refractivity contribution in [3.05, 3.63) is 112 Å². The fourth-order valence-corrected chi connectivity index (χ4v) is 6.52. The molecule has 0 aliphatic carbocycles. The molecule has 0 fully saturated rings. The van der Waals surface area contributed by atoms with Gasteiger partial charge in [-0.2, -0.15) is 0 Å². The summed E-state index contributed by atoms with van der Waals surface area (Å²) < 4.78 is 17.2. The van der Waals surface area contributed by atoms with Gasteiger partial charge in [0.05, 0.1) is 17.7 Å². The Kier molecular flexibility index (Phi) is 17.4. The Hall–Kier alpha value is -5.22. The number of fused-ring (bicyclic) bond motifs is 1. The summed E-state index contributed by atoms with van der Waals surface area (Å²) in [7, 11) is 0. The van der Waals surface area contributed by atoms with Crippen LogP contribution in [0, 0.1) is 6.92 Å². The number of carbonyl (C=O) groups is 5. The predicted octanol–water partition coefficient (Wildman–Crippen LogP) is 9.35. The Labute approximate surface area is 334 Å². The highest BCUT2D eigenvalue weighted by Crippen LogP contribution is 2.32. The highest BCUT2D eigenvalue weighted by molar-refractivity contribution is 6.31. The van der Waals surface area contributed by atoms with E-state index in [1.807, 2.05) is 49.4 Å². The van der Waals surface area contributed by atoms with Crippen molar-refractivity contribution >= 4 is 52.1 Å². The predicted molar refractivity (Wildman–Crippen MR) is 218 cm³/mol. The number of halogens is 1. The zero-order valence-electron chi connectivity index (χ0n) is 32.8. The molecular weight excluding hydrogens is 732 g/mol. The minimum absolute atomic E-state index is 0.0242. The van der Waals surface area contributed by atoms with Crippen LogP contribution in [0.5, 0.6) is 5.75 Å². The molecule has 4 aromatic rings. The number of nitrogens with zero attached hydrogens (tertiary/aromatic N) is 1. The maximum absolute atomic E-state index is 14.8. The summed E-state index contributed by atoms with van der Waals surface area (Å²) in [6.07, 6.45) is 6.55. The third kappa shape index (κ3) is 12.9. The van der Waals surface area contributed by atoms with E-state index in [2.05, 4.69) is 19.2 Å². The normalized spacial score (nSPS) is 12.0. The van der Waals surface area contributed by atoms with Gasteiger partial charge in [-0.25, -0.2) is 4.79 Å². The lowest BCUT2D eigenvalue weighted by Crippen LogP contribution is -2.54. The van der Waals surface area contributed by atoms with E-state index in [0.29, 0.717) is 18.4 Å². The minimum Gasteiger partial charge on any atom is -0.464 e. The van der Waals surface area contributed by atoms with E-state index in [1.54, 1.807) is 24.3 Å². The smallest absolute Gasteiger partial charge is 0.338 e. The van der Waals surface area contributed by atoms with E-state index in [4.69, 9.17) is 25.8 Å². The first-order valence-electron chi connectivity index (χ1n) is 19.5. The number of ether oxygens (including phenoxy) is 3. The van der Waals surface area contributed by atoms with Crippen LogP contribution >= 0.6 is 11.6 Å². The van der Waals surface area contributed by atoms with Crippen LogP contribution in [0.2, 0.25) is 5.02 Å². The van der Waals surface area contributed by atoms with Crippen LogP contribution in [0.15, 0.2) is 84.9 Å². The number of benzene rings is 4. The summed E-state index contributed by atoms with van der Waals surface area (Å²) in [5.74, 6) is -3.52. The molecule has 4 rings (SSSR count). The number of hydrogen-bond acceptors (Lipinski definition) is 8. The van der Waals surface area contributed by atoms with E-state index in [1.165, 1.54) is 30.0 Å². The van der Waals surface area contributed by atoms with Crippen LogP contribution in [0.1, 0.15) is 117 Å². The molecule has 298 valence electrons. The highest BCUT2D eigenvalue weighted by Gasteiger charge is 2.41. The summed E-state index contributed by atoms with van der Waals surface area (Å²) in [5.41, 5.74) is 1.59. The molecule has 2 atom stereocenters. The van der Waals surface area contributed by atoms with Gasteiger partial charge in [0.25, 0.3) is 5.91 Å². The maximum atomic E-state index is 14.8. The second-order valence-corrected chi connectivity index (χ2v) is 14.3. The third-order valence-corrected chi connectivity index (χ3v) is 9.61.